The monoisotopic (exact) mass is 397 g/mol. The molecule has 0 aliphatic heterocycles. The highest BCUT2D eigenvalue weighted by Gasteiger charge is 2.21. The van der Waals surface area contributed by atoms with Gasteiger partial charge >= 0.3 is 6.03 Å². The molecule has 7 nitrogen and oxygen atoms in total. The molecule has 9 heteroatoms. The first kappa shape index (κ1) is 20.2. The molecule has 0 unspecified atom stereocenters. The average molecular weight is 398 g/mol. The van der Waals surface area contributed by atoms with Gasteiger partial charge in [0.15, 0.2) is 9.84 Å². The Morgan fingerprint density at radius 3 is 2.69 bits per heavy atom. The first-order valence-corrected chi connectivity index (χ1v) is 10.0. The summed E-state index contributed by atoms with van der Waals surface area (Å²) in [5, 5.41) is 2.69. The van der Waals surface area contributed by atoms with E-state index in [-0.39, 0.29) is 15.6 Å². The minimum absolute atomic E-state index is 0.0565. The Hall–Kier alpha value is -2.16. The summed E-state index contributed by atoms with van der Waals surface area (Å²) in [6.45, 7) is 0.964. The Kier molecular flexibility index (Phi) is 6.96. The van der Waals surface area contributed by atoms with Crippen LogP contribution >= 0.6 is 11.6 Å². The molecule has 0 radical (unpaired) electrons. The molecule has 0 fully saturated rings. The second-order valence-electron chi connectivity index (χ2n) is 5.59. The summed E-state index contributed by atoms with van der Waals surface area (Å²) >= 11 is 6.02. The van der Waals surface area contributed by atoms with Crippen molar-refractivity contribution in [3.63, 3.8) is 0 Å². The molecular formula is C17H20ClN3O4S. The third-order valence-corrected chi connectivity index (χ3v) is 5.14. The van der Waals surface area contributed by atoms with Crippen molar-refractivity contribution in [1.82, 2.24) is 9.88 Å². The number of pyridine rings is 1. The summed E-state index contributed by atoms with van der Waals surface area (Å²) in [4.78, 5) is 18.1. The second kappa shape index (κ2) is 8.98. The fourth-order valence-corrected chi connectivity index (χ4v) is 3.88. The molecule has 1 aromatic carbocycles. The van der Waals surface area contributed by atoms with Crippen molar-refractivity contribution in [2.75, 3.05) is 31.8 Å². The van der Waals surface area contributed by atoms with E-state index in [9.17, 15) is 13.2 Å². The van der Waals surface area contributed by atoms with Crippen LogP contribution in [0.2, 0.25) is 5.02 Å². The van der Waals surface area contributed by atoms with E-state index in [0.717, 1.165) is 11.8 Å². The number of amides is 2. The van der Waals surface area contributed by atoms with Gasteiger partial charge < -0.3 is 15.0 Å². The Morgan fingerprint density at radius 2 is 2.08 bits per heavy atom. The molecule has 2 rings (SSSR count). The van der Waals surface area contributed by atoms with Crippen LogP contribution in [0.5, 0.6) is 0 Å². The predicted molar refractivity (Wildman–Crippen MR) is 100 cm³/mol. The third kappa shape index (κ3) is 5.42. The van der Waals surface area contributed by atoms with Gasteiger partial charge in [-0.15, -0.1) is 0 Å². The van der Waals surface area contributed by atoms with Crippen LogP contribution in [0.4, 0.5) is 10.5 Å². The number of carbonyl (C=O) groups excluding carboxylic acids is 1. The smallest absolute Gasteiger partial charge is 0.322 e. The Morgan fingerprint density at radius 1 is 1.31 bits per heavy atom. The van der Waals surface area contributed by atoms with Crippen LogP contribution in [0.3, 0.4) is 0 Å². The molecule has 0 atom stereocenters. The van der Waals surface area contributed by atoms with Crippen molar-refractivity contribution < 1.29 is 17.9 Å². The summed E-state index contributed by atoms with van der Waals surface area (Å²) in [7, 11) is -2.07. The van der Waals surface area contributed by atoms with Gasteiger partial charge in [-0.05, 0) is 23.8 Å². The summed E-state index contributed by atoms with van der Waals surface area (Å²) in [5.41, 5.74) is 0.979. The number of nitrogens with one attached hydrogen (secondary N) is 1. The molecule has 1 N–H and O–H groups in total. The second-order valence-corrected chi connectivity index (χ2v) is 7.95. The van der Waals surface area contributed by atoms with Crippen molar-refractivity contribution >= 4 is 33.2 Å². The number of rotatable bonds is 7. The number of aromatic nitrogens is 1. The lowest BCUT2D eigenvalue weighted by Gasteiger charge is -2.23. The van der Waals surface area contributed by atoms with Gasteiger partial charge in [-0.25, -0.2) is 13.2 Å². The van der Waals surface area contributed by atoms with Gasteiger partial charge in [0.2, 0.25) is 0 Å². The highest BCUT2D eigenvalue weighted by atomic mass is 35.5. The molecular weight excluding hydrogens is 378 g/mol. The van der Waals surface area contributed by atoms with Gasteiger partial charge in [-0.1, -0.05) is 23.7 Å². The maximum absolute atomic E-state index is 12.7. The lowest BCUT2D eigenvalue weighted by Crippen LogP contribution is -2.37. The van der Waals surface area contributed by atoms with Crippen molar-refractivity contribution in [1.29, 1.82) is 0 Å². The Bertz CT molecular complexity index is 860. The standard InChI is InChI=1S/C17H20ClN3O4S/c1-25-10-9-21(12-13-5-4-8-19-11-13)17(22)20-15-7-3-6-14(18)16(15)26(2,23)24/h3-8,11H,9-10,12H2,1-2H3,(H,20,22). The zero-order valence-corrected chi connectivity index (χ0v) is 16.0. The number of carbonyl (C=O) groups is 1. The maximum atomic E-state index is 12.7. The van der Waals surface area contributed by atoms with Crippen LogP contribution in [0.25, 0.3) is 0 Å². The van der Waals surface area contributed by atoms with Crippen LogP contribution in [-0.4, -0.2) is 50.9 Å². The van der Waals surface area contributed by atoms with E-state index < -0.39 is 15.9 Å². The SMILES string of the molecule is COCCN(Cc1cccnc1)C(=O)Nc1cccc(Cl)c1S(C)(=O)=O. The number of anilines is 1. The van der Waals surface area contributed by atoms with Gasteiger partial charge in [0.1, 0.15) is 4.90 Å². The van der Waals surface area contributed by atoms with E-state index in [0.29, 0.717) is 19.7 Å². The van der Waals surface area contributed by atoms with E-state index in [2.05, 4.69) is 10.3 Å². The average Bonchev–Trinajstić information content (AvgIpc) is 2.58. The van der Waals surface area contributed by atoms with E-state index in [4.69, 9.17) is 16.3 Å². The largest absolute Gasteiger partial charge is 0.383 e. The zero-order chi connectivity index (χ0) is 19.2. The molecule has 1 heterocycles. The molecule has 0 spiro atoms. The Balaban J connectivity index is 2.26. The van der Waals surface area contributed by atoms with Gasteiger partial charge in [0.25, 0.3) is 0 Å². The van der Waals surface area contributed by atoms with E-state index in [1.807, 2.05) is 6.07 Å². The van der Waals surface area contributed by atoms with Crippen molar-refractivity contribution in [3.05, 3.63) is 53.3 Å². The van der Waals surface area contributed by atoms with Crippen LogP contribution in [-0.2, 0) is 21.1 Å². The zero-order valence-electron chi connectivity index (χ0n) is 14.5. The maximum Gasteiger partial charge on any atom is 0.322 e. The number of ether oxygens (including phenoxy) is 1. The van der Waals surface area contributed by atoms with Gasteiger partial charge in [0.05, 0.1) is 17.3 Å². The number of hydrogen-bond acceptors (Lipinski definition) is 5. The van der Waals surface area contributed by atoms with E-state index in [1.54, 1.807) is 31.6 Å². The number of benzene rings is 1. The minimum Gasteiger partial charge on any atom is -0.383 e. The number of nitrogens with zero attached hydrogens (tertiary/aromatic N) is 2. The molecule has 2 amide bonds. The minimum atomic E-state index is -3.61. The molecule has 0 aliphatic carbocycles. The number of methoxy groups -OCH3 is 1. The topological polar surface area (TPSA) is 88.6 Å². The molecule has 0 saturated carbocycles. The van der Waals surface area contributed by atoms with Crippen LogP contribution < -0.4 is 5.32 Å². The molecule has 140 valence electrons. The summed E-state index contributed by atoms with van der Waals surface area (Å²) in [6, 6.07) is 7.71. The first-order valence-electron chi connectivity index (χ1n) is 7.75. The van der Waals surface area contributed by atoms with Crippen LogP contribution in [0.1, 0.15) is 5.56 Å². The molecule has 0 aliphatic rings. The number of halogens is 1. The first-order chi connectivity index (χ1) is 12.3. The number of hydrogen-bond donors (Lipinski definition) is 1. The number of urea groups is 1. The van der Waals surface area contributed by atoms with Crippen molar-refractivity contribution in [3.8, 4) is 0 Å². The molecule has 1 aromatic heterocycles. The summed E-state index contributed by atoms with van der Waals surface area (Å²) in [6.07, 6.45) is 4.35. The molecule has 2 aromatic rings. The fourth-order valence-electron chi connectivity index (χ4n) is 2.34. The van der Waals surface area contributed by atoms with Crippen molar-refractivity contribution in [2.45, 2.75) is 11.4 Å². The quantitative estimate of drug-likeness (QED) is 0.776. The normalized spacial score (nSPS) is 11.2. The van der Waals surface area contributed by atoms with Gasteiger partial charge in [-0.3, -0.25) is 4.98 Å². The summed E-state index contributed by atoms with van der Waals surface area (Å²) in [5.74, 6) is 0. The molecule has 0 saturated heterocycles. The Labute approximate surface area is 157 Å². The van der Waals surface area contributed by atoms with Gasteiger partial charge in [0, 0.05) is 38.8 Å². The van der Waals surface area contributed by atoms with E-state index >= 15 is 0 Å². The predicted octanol–water partition coefficient (Wildman–Crippen LogP) is 2.82. The summed E-state index contributed by atoms with van der Waals surface area (Å²) < 4.78 is 29.1. The van der Waals surface area contributed by atoms with Crippen LogP contribution in [0, 0.1) is 0 Å². The fraction of sp³-hybridized carbons (Fsp3) is 0.294. The highest BCUT2D eigenvalue weighted by molar-refractivity contribution is 7.91. The lowest BCUT2D eigenvalue weighted by atomic mass is 10.2. The molecule has 26 heavy (non-hydrogen) atoms. The van der Waals surface area contributed by atoms with Crippen LogP contribution in [0.15, 0.2) is 47.6 Å². The molecule has 0 bridgehead atoms. The third-order valence-electron chi connectivity index (χ3n) is 3.53. The van der Waals surface area contributed by atoms with E-state index in [1.165, 1.54) is 17.0 Å². The van der Waals surface area contributed by atoms with Gasteiger partial charge in [-0.2, -0.15) is 0 Å². The van der Waals surface area contributed by atoms with Crippen molar-refractivity contribution in [2.24, 2.45) is 0 Å². The lowest BCUT2D eigenvalue weighted by molar-refractivity contribution is 0.152. The number of sulfone groups is 1. The highest BCUT2D eigenvalue weighted by Crippen LogP contribution is 2.29.